The third kappa shape index (κ3) is 7.69. The van der Waals surface area contributed by atoms with E-state index in [9.17, 15) is 24.3 Å². The van der Waals surface area contributed by atoms with Crippen LogP contribution in [0, 0.1) is 11.8 Å². The number of carboxylic acids is 1. The minimum atomic E-state index is -1.12. The largest absolute Gasteiger partial charge is 0.480 e. The molecule has 1 aliphatic rings. The number of hydrogen-bond donors (Lipinski definition) is 3. The molecular weight excluding hydrogens is 474 g/mol. The van der Waals surface area contributed by atoms with Gasteiger partial charge in [-0.3, -0.25) is 9.59 Å². The number of carboxylic acid groups (broad SMARTS) is 1. The smallest absolute Gasteiger partial charge is 0.410 e. The number of likely N-dealkylation sites (tertiary alicyclic amines) is 1. The summed E-state index contributed by atoms with van der Waals surface area (Å²) in [5, 5.41) is 15.1. The predicted octanol–water partition coefficient (Wildman–Crippen LogP) is 3.71. The standard InChI is InChI=1S/C28H43N3O6/c1-8-19(4)22(23(32)29-21(18(2)3)24(33)34)30-25(35)28(20-12-10-9-11-13-20)14-16-31(17-15-28)26(36)37-27(5,6)7/h9-13,18-19,21-22H,8,14-17H2,1-7H3,(H,29,32)(H,30,35)(H,33,34)/t19-,21-,22+/m1/s1. The molecule has 0 aliphatic carbocycles. The number of ether oxygens (including phenoxy) is 1. The lowest BCUT2D eigenvalue weighted by Gasteiger charge is -2.42. The molecule has 1 saturated heterocycles. The molecule has 3 atom stereocenters. The normalized spacial score (nSPS) is 17.9. The number of nitrogens with one attached hydrogen (secondary N) is 2. The summed E-state index contributed by atoms with van der Waals surface area (Å²) in [6.07, 6.45) is 0.920. The Labute approximate surface area is 220 Å². The van der Waals surface area contributed by atoms with Gasteiger partial charge in [-0.05, 0) is 51.0 Å². The highest BCUT2D eigenvalue weighted by molar-refractivity contribution is 5.94. The average molecular weight is 518 g/mol. The Hall–Kier alpha value is -3.10. The van der Waals surface area contributed by atoms with E-state index in [-0.39, 0.29) is 17.7 Å². The number of rotatable bonds is 9. The van der Waals surface area contributed by atoms with Crippen LogP contribution in [0.3, 0.4) is 0 Å². The van der Waals surface area contributed by atoms with Crippen LogP contribution >= 0.6 is 0 Å². The number of carbonyl (C=O) groups excluding carboxylic acids is 3. The fourth-order valence-electron chi connectivity index (χ4n) is 4.54. The van der Waals surface area contributed by atoms with E-state index in [2.05, 4.69) is 10.6 Å². The maximum atomic E-state index is 14.0. The Morgan fingerprint density at radius 1 is 1.00 bits per heavy atom. The van der Waals surface area contributed by atoms with Crippen molar-refractivity contribution in [3.63, 3.8) is 0 Å². The molecule has 0 bridgehead atoms. The lowest BCUT2D eigenvalue weighted by molar-refractivity contribution is -0.144. The molecule has 1 aromatic carbocycles. The second kappa shape index (κ2) is 12.4. The molecule has 0 unspecified atom stereocenters. The van der Waals surface area contributed by atoms with Gasteiger partial charge in [-0.15, -0.1) is 0 Å². The summed E-state index contributed by atoms with van der Waals surface area (Å²) in [6.45, 7) is 13.3. The number of amides is 3. The number of nitrogens with zero attached hydrogens (tertiary/aromatic N) is 1. The van der Waals surface area contributed by atoms with Crippen molar-refractivity contribution in [1.29, 1.82) is 0 Å². The van der Waals surface area contributed by atoms with Crippen LogP contribution in [0.4, 0.5) is 4.79 Å². The van der Waals surface area contributed by atoms with Crippen LogP contribution in [0.15, 0.2) is 30.3 Å². The Kier molecular flexibility index (Phi) is 10.1. The number of aliphatic carboxylic acids is 1. The van der Waals surface area contributed by atoms with Crippen molar-refractivity contribution < 1.29 is 29.0 Å². The van der Waals surface area contributed by atoms with Crippen molar-refractivity contribution >= 4 is 23.9 Å². The molecule has 0 radical (unpaired) electrons. The lowest BCUT2D eigenvalue weighted by Crippen LogP contribution is -2.60. The molecule has 1 heterocycles. The van der Waals surface area contributed by atoms with Crippen LogP contribution in [0.1, 0.15) is 73.3 Å². The molecular formula is C28H43N3O6. The summed E-state index contributed by atoms with van der Waals surface area (Å²) in [7, 11) is 0. The van der Waals surface area contributed by atoms with Gasteiger partial charge in [0.25, 0.3) is 0 Å². The highest BCUT2D eigenvalue weighted by Gasteiger charge is 2.46. The number of benzene rings is 1. The second-order valence-corrected chi connectivity index (χ2v) is 11.3. The van der Waals surface area contributed by atoms with E-state index in [0.29, 0.717) is 32.4 Å². The van der Waals surface area contributed by atoms with Crippen molar-refractivity contribution in [3.05, 3.63) is 35.9 Å². The van der Waals surface area contributed by atoms with Gasteiger partial charge in [0.1, 0.15) is 17.7 Å². The van der Waals surface area contributed by atoms with E-state index < -0.39 is 41.1 Å². The molecule has 9 nitrogen and oxygen atoms in total. The first-order chi connectivity index (χ1) is 17.2. The highest BCUT2D eigenvalue weighted by atomic mass is 16.6. The van der Waals surface area contributed by atoms with Crippen molar-refractivity contribution in [2.24, 2.45) is 11.8 Å². The molecule has 3 N–H and O–H groups in total. The third-order valence-electron chi connectivity index (χ3n) is 7.04. The van der Waals surface area contributed by atoms with Crippen LogP contribution in [0.25, 0.3) is 0 Å². The Bertz CT molecular complexity index is 948. The van der Waals surface area contributed by atoms with E-state index in [4.69, 9.17) is 4.74 Å². The van der Waals surface area contributed by atoms with E-state index in [1.807, 2.05) is 65.0 Å². The van der Waals surface area contributed by atoms with Crippen molar-refractivity contribution in [1.82, 2.24) is 15.5 Å². The Morgan fingerprint density at radius 2 is 1.57 bits per heavy atom. The first-order valence-corrected chi connectivity index (χ1v) is 13.1. The van der Waals surface area contributed by atoms with E-state index >= 15 is 0 Å². The molecule has 0 aromatic heterocycles. The summed E-state index contributed by atoms with van der Waals surface area (Å²) < 4.78 is 5.51. The first-order valence-electron chi connectivity index (χ1n) is 13.1. The van der Waals surface area contributed by atoms with Gasteiger partial charge in [-0.2, -0.15) is 0 Å². The molecule has 3 amide bonds. The summed E-state index contributed by atoms with van der Waals surface area (Å²) in [4.78, 5) is 53.1. The predicted molar refractivity (Wildman–Crippen MR) is 141 cm³/mol. The zero-order valence-corrected chi connectivity index (χ0v) is 23.2. The van der Waals surface area contributed by atoms with Crippen LogP contribution in [0.5, 0.6) is 0 Å². The zero-order valence-electron chi connectivity index (χ0n) is 23.2. The third-order valence-corrected chi connectivity index (χ3v) is 7.04. The summed E-state index contributed by atoms with van der Waals surface area (Å²) >= 11 is 0. The highest BCUT2D eigenvalue weighted by Crippen LogP contribution is 2.37. The quantitative estimate of drug-likeness (QED) is 0.459. The summed E-state index contributed by atoms with van der Waals surface area (Å²) in [5.41, 5.74) is -0.760. The SMILES string of the molecule is CC[C@@H](C)[C@H](NC(=O)C1(c2ccccc2)CCN(C(=O)OC(C)(C)C)CC1)C(=O)N[C@@H](C(=O)O)C(C)C. The molecule has 0 saturated carbocycles. The van der Waals surface area contributed by atoms with Crippen molar-refractivity contribution in [2.45, 2.75) is 90.8 Å². The molecule has 1 fully saturated rings. The van der Waals surface area contributed by atoms with Crippen LogP contribution in [0.2, 0.25) is 0 Å². The van der Waals surface area contributed by atoms with Crippen molar-refractivity contribution in [2.75, 3.05) is 13.1 Å². The van der Waals surface area contributed by atoms with Gasteiger partial charge in [0.15, 0.2) is 0 Å². The van der Waals surface area contributed by atoms with Gasteiger partial charge in [-0.1, -0.05) is 64.4 Å². The summed E-state index contributed by atoms with van der Waals surface area (Å²) in [5.74, 6) is -2.48. The molecule has 1 aromatic rings. The van der Waals surface area contributed by atoms with Gasteiger partial charge < -0.3 is 25.4 Å². The Morgan fingerprint density at radius 3 is 2.03 bits per heavy atom. The second-order valence-electron chi connectivity index (χ2n) is 11.3. The van der Waals surface area contributed by atoms with Crippen LogP contribution < -0.4 is 10.6 Å². The van der Waals surface area contributed by atoms with Gasteiger partial charge in [-0.25, -0.2) is 9.59 Å². The fraction of sp³-hybridized carbons (Fsp3) is 0.643. The lowest BCUT2D eigenvalue weighted by atomic mass is 9.71. The van der Waals surface area contributed by atoms with Gasteiger partial charge in [0.2, 0.25) is 11.8 Å². The zero-order chi connectivity index (χ0) is 28.0. The van der Waals surface area contributed by atoms with Gasteiger partial charge >= 0.3 is 12.1 Å². The first kappa shape index (κ1) is 30.1. The fourth-order valence-corrected chi connectivity index (χ4v) is 4.54. The Balaban J connectivity index is 2.31. The maximum absolute atomic E-state index is 14.0. The van der Waals surface area contributed by atoms with Crippen LogP contribution in [-0.4, -0.2) is 64.7 Å². The molecule has 1 aliphatic heterocycles. The topological polar surface area (TPSA) is 125 Å². The monoisotopic (exact) mass is 517 g/mol. The minimum absolute atomic E-state index is 0.222. The number of carbonyl (C=O) groups is 4. The molecule has 37 heavy (non-hydrogen) atoms. The van der Waals surface area contributed by atoms with Crippen molar-refractivity contribution in [3.8, 4) is 0 Å². The number of hydrogen-bond acceptors (Lipinski definition) is 5. The number of piperidine rings is 1. The van der Waals surface area contributed by atoms with Gasteiger partial charge in [0.05, 0.1) is 5.41 Å². The maximum Gasteiger partial charge on any atom is 0.410 e. The molecule has 2 rings (SSSR count). The summed E-state index contributed by atoms with van der Waals surface area (Å²) in [6, 6.07) is 7.42. The molecule has 9 heteroatoms. The minimum Gasteiger partial charge on any atom is -0.480 e. The molecule has 206 valence electrons. The van der Waals surface area contributed by atoms with E-state index in [1.54, 1.807) is 18.7 Å². The van der Waals surface area contributed by atoms with Crippen LogP contribution in [-0.2, 0) is 24.5 Å². The van der Waals surface area contributed by atoms with Gasteiger partial charge in [0, 0.05) is 13.1 Å². The van der Waals surface area contributed by atoms with E-state index in [1.165, 1.54) is 0 Å². The van der Waals surface area contributed by atoms with E-state index in [0.717, 1.165) is 5.56 Å². The average Bonchev–Trinajstić information content (AvgIpc) is 2.84. The molecule has 0 spiro atoms.